The number of hydrogen-bond acceptors (Lipinski definition) is 1. The predicted molar refractivity (Wildman–Crippen MR) is 78.0 cm³/mol. The zero-order valence-corrected chi connectivity index (χ0v) is 12.7. The lowest BCUT2D eigenvalue weighted by Gasteiger charge is -2.29. The summed E-state index contributed by atoms with van der Waals surface area (Å²) in [5.74, 6) is 0.480. The second-order valence-electron chi connectivity index (χ2n) is 4.94. The van der Waals surface area contributed by atoms with Crippen molar-refractivity contribution < 1.29 is 4.79 Å². The van der Waals surface area contributed by atoms with Crippen LogP contribution in [0.1, 0.15) is 43.0 Å². The minimum absolute atomic E-state index is 0.0694. The van der Waals surface area contributed by atoms with Crippen molar-refractivity contribution in [2.45, 2.75) is 38.6 Å². The molecule has 1 amide bonds. The lowest BCUT2D eigenvalue weighted by atomic mass is 9.86. The van der Waals surface area contributed by atoms with Crippen molar-refractivity contribution >= 4 is 33.4 Å². The molecule has 1 aliphatic carbocycles. The Morgan fingerprint density at radius 1 is 1.39 bits per heavy atom. The zero-order valence-electron chi connectivity index (χ0n) is 10.4. The zero-order chi connectivity index (χ0) is 13.1. The van der Waals surface area contributed by atoms with E-state index in [1.165, 1.54) is 19.3 Å². The summed E-state index contributed by atoms with van der Waals surface area (Å²) in [6.45, 7) is 2.20. The average Bonchev–Trinajstić information content (AvgIpc) is 2.35. The first kappa shape index (κ1) is 13.9. The third-order valence-electron chi connectivity index (χ3n) is 3.62. The molecule has 0 radical (unpaired) electrons. The van der Waals surface area contributed by atoms with Gasteiger partial charge in [-0.2, -0.15) is 0 Å². The summed E-state index contributed by atoms with van der Waals surface area (Å²) in [5, 5.41) is 3.59. The first-order chi connectivity index (χ1) is 8.59. The van der Waals surface area contributed by atoms with Crippen molar-refractivity contribution in [1.29, 1.82) is 0 Å². The van der Waals surface area contributed by atoms with Crippen LogP contribution in [0.5, 0.6) is 0 Å². The van der Waals surface area contributed by atoms with Gasteiger partial charge in [-0.05, 0) is 46.8 Å². The number of rotatable bonds is 2. The first-order valence-electron chi connectivity index (χ1n) is 6.34. The van der Waals surface area contributed by atoms with E-state index in [4.69, 9.17) is 11.6 Å². The highest BCUT2D eigenvalue weighted by atomic mass is 79.9. The molecule has 4 heteroatoms. The standard InChI is InChI=1S/C14H17BrClNO/c1-9-5-2-3-8-12(9)17-14(18)10-6-4-7-11(15)13(10)16/h4,6-7,9,12H,2-3,5,8H2,1H3,(H,17,18). The van der Waals surface area contributed by atoms with Gasteiger partial charge in [-0.3, -0.25) is 4.79 Å². The van der Waals surface area contributed by atoms with Crippen molar-refractivity contribution in [2.75, 3.05) is 0 Å². The van der Waals surface area contributed by atoms with Crippen LogP contribution < -0.4 is 5.32 Å². The van der Waals surface area contributed by atoms with E-state index in [9.17, 15) is 4.79 Å². The SMILES string of the molecule is CC1CCCCC1NC(=O)c1cccc(Br)c1Cl. The topological polar surface area (TPSA) is 29.1 Å². The molecular weight excluding hydrogens is 314 g/mol. The molecule has 0 aromatic heterocycles. The molecule has 0 bridgehead atoms. The van der Waals surface area contributed by atoms with Crippen LogP contribution in [0, 0.1) is 5.92 Å². The van der Waals surface area contributed by atoms with Gasteiger partial charge in [0.1, 0.15) is 0 Å². The maximum Gasteiger partial charge on any atom is 0.253 e. The van der Waals surface area contributed by atoms with Crippen LogP contribution in [0.25, 0.3) is 0 Å². The van der Waals surface area contributed by atoms with Gasteiger partial charge in [-0.1, -0.05) is 37.4 Å². The van der Waals surface area contributed by atoms with E-state index in [2.05, 4.69) is 28.2 Å². The molecule has 2 atom stereocenters. The summed E-state index contributed by atoms with van der Waals surface area (Å²) in [5.41, 5.74) is 0.545. The molecule has 1 aliphatic rings. The summed E-state index contributed by atoms with van der Waals surface area (Å²) in [4.78, 5) is 12.2. The minimum Gasteiger partial charge on any atom is -0.349 e. The van der Waals surface area contributed by atoms with Gasteiger partial charge in [-0.25, -0.2) is 0 Å². The summed E-state index contributed by atoms with van der Waals surface area (Å²) in [6, 6.07) is 5.70. The molecule has 1 N–H and O–H groups in total. The van der Waals surface area contributed by atoms with Crippen LogP contribution in [0.4, 0.5) is 0 Å². The number of carbonyl (C=O) groups excluding carboxylic acids is 1. The largest absolute Gasteiger partial charge is 0.349 e. The third kappa shape index (κ3) is 3.07. The number of halogens is 2. The lowest BCUT2D eigenvalue weighted by Crippen LogP contribution is -2.41. The first-order valence-corrected chi connectivity index (χ1v) is 7.51. The minimum atomic E-state index is -0.0694. The monoisotopic (exact) mass is 329 g/mol. The van der Waals surface area contributed by atoms with E-state index in [0.29, 0.717) is 16.5 Å². The fraction of sp³-hybridized carbons (Fsp3) is 0.500. The van der Waals surface area contributed by atoms with Gasteiger partial charge < -0.3 is 5.32 Å². The molecule has 98 valence electrons. The van der Waals surface area contributed by atoms with Crippen LogP contribution >= 0.6 is 27.5 Å². The maximum atomic E-state index is 12.2. The molecule has 0 heterocycles. The summed E-state index contributed by atoms with van der Waals surface area (Å²) in [6.07, 6.45) is 4.72. The lowest BCUT2D eigenvalue weighted by molar-refractivity contribution is 0.0910. The Hall–Kier alpha value is -0.540. The Morgan fingerprint density at radius 3 is 2.83 bits per heavy atom. The third-order valence-corrected chi connectivity index (χ3v) is 4.92. The molecule has 1 aromatic carbocycles. The van der Waals surface area contributed by atoms with E-state index < -0.39 is 0 Å². The van der Waals surface area contributed by atoms with Crippen LogP contribution in [0.3, 0.4) is 0 Å². The fourth-order valence-electron chi connectivity index (χ4n) is 2.46. The van der Waals surface area contributed by atoms with Crippen LogP contribution in [0.15, 0.2) is 22.7 Å². The fourth-order valence-corrected chi connectivity index (χ4v) is 3.03. The highest BCUT2D eigenvalue weighted by molar-refractivity contribution is 9.10. The Kier molecular flexibility index (Phi) is 4.68. The molecule has 0 saturated heterocycles. The highest BCUT2D eigenvalue weighted by Crippen LogP contribution is 2.27. The van der Waals surface area contributed by atoms with Gasteiger partial charge in [0.2, 0.25) is 0 Å². The second-order valence-corrected chi connectivity index (χ2v) is 6.18. The summed E-state index contributed by atoms with van der Waals surface area (Å²) in [7, 11) is 0. The van der Waals surface area contributed by atoms with E-state index >= 15 is 0 Å². The average molecular weight is 331 g/mol. The van der Waals surface area contributed by atoms with Crippen molar-refractivity contribution in [3.8, 4) is 0 Å². The molecule has 0 aliphatic heterocycles. The van der Waals surface area contributed by atoms with Crippen LogP contribution in [-0.2, 0) is 0 Å². The Balaban J connectivity index is 2.09. The van der Waals surface area contributed by atoms with Crippen molar-refractivity contribution in [3.63, 3.8) is 0 Å². The summed E-state index contributed by atoms with van der Waals surface area (Å²) >= 11 is 9.47. The van der Waals surface area contributed by atoms with Gasteiger partial charge in [0.05, 0.1) is 10.6 Å². The molecule has 2 nitrogen and oxygen atoms in total. The summed E-state index contributed by atoms with van der Waals surface area (Å²) < 4.78 is 0.758. The van der Waals surface area contributed by atoms with Gasteiger partial charge >= 0.3 is 0 Å². The number of hydrogen-bond donors (Lipinski definition) is 1. The van der Waals surface area contributed by atoms with Crippen LogP contribution in [0.2, 0.25) is 5.02 Å². The van der Waals surface area contributed by atoms with Gasteiger partial charge in [0.15, 0.2) is 0 Å². The Labute approximate surface area is 121 Å². The molecule has 1 fully saturated rings. The Bertz CT molecular complexity index is 449. The number of amides is 1. The van der Waals surface area contributed by atoms with Gasteiger partial charge in [-0.15, -0.1) is 0 Å². The van der Waals surface area contributed by atoms with Crippen LogP contribution in [-0.4, -0.2) is 11.9 Å². The van der Waals surface area contributed by atoms with Gasteiger partial charge in [0.25, 0.3) is 5.91 Å². The molecule has 2 rings (SSSR count). The van der Waals surface area contributed by atoms with E-state index in [1.807, 2.05) is 12.1 Å². The second kappa shape index (κ2) is 6.07. The predicted octanol–water partition coefficient (Wildman–Crippen LogP) is 4.41. The van der Waals surface area contributed by atoms with E-state index in [1.54, 1.807) is 6.07 Å². The number of nitrogens with one attached hydrogen (secondary N) is 1. The van der Waals surface area contributed by atoms with Gasteiger partial charge in [0, 0.05) is 10.5 Å². The molecular formula is C14H17BrClNO. The smallest absolute Gasteiger partial charge is 0.253 e. The van der Waals surface area contributed by atoms with Crippen molar-refractivity contribution in [3.05, 3.63) is 33.3 Å². The molecule has 0 spiro atoms. The van der Waals surface area contributed by atoms with Crippen molar-refractivity contribution in [2.24, 2.45) is 5.92 Å². The van der Waals surface area contributed by atoms with Crippen molar-refractivity contribution in [1.82, 2.24) is 5.32 Å². The molecule has 2 unspecified atom stereocenters. The van der Waals surface area contributed by atoms with E-state index in [0.717, 1.165) is 10.9 Å². The number of benzene rings is 1. The molecule has 18 heavy (non-hydrogen) atoms. The maximum absolute atomic E-state index is 12.2. The molecule has 1 saturated carbocycles. The number of carbonyl (C=O) groups is 1. The normalized spacial score (nSPS) is 23.7. The quantitative estimate of drug-likeness (QED) is 0.855. The Morgan fingerprint density at radius 2 is 2.11 bits per heavy atom. The highest BCUT2D eigenvalue weighted by Gasteiger charge is 2.24. The molecule has 1 aromatic rings. The van der Waals surface area contributed by atoms with E-state index in [-0.39, 0.29) is 11.9 Å².